The number of nitrogens with one attached hydrogen (secondary N) is 1. The molecule has 3 aromatic rings. The Morgan fingerprint density at radius 1 is 1.32 bits per heavy atom. The van der Waals surface area contributed by atoms with Crippen LogP contribution < -0.4 is 5.32 Å². The van der Waals surface area contributed by atoms with E-state index in [9.17, 15) is 5.11 Å². The molecule has 0 aliphatic rings. The average molecular weight is 299 g/mol. The molecule has 2 N–H and O–H groups in total. The second-order valence-corrected chi connectivity index (χ2v) is 4.77. The summed E-state index contributed by atoms with van der Waals surface area (Å²) in [5.74, 6) is 1.25. The molecular formula is C15H17N5O2. The fraction of sp³-hybridized carbons (Fsp3) is 0.267. The minimum atomic E-state index is -0.0171. The molecule has 0 unspecified atom stereocenters. The highest BCUT2D eigenvalue weighted by Gasteiger charge is 2.09. The first-order valence-electron chi connectivity index (χ1n) is 6.94. The van der Waals surface area contributed by atoms with Crippen LogP contribution in [0.3, 0.4) is 0 Å². The van der Waals surface area contributed by atoms with Crippen LogP contribution in [0.15, 0.2) is 36.9 Å². The first-order valence-corrected chi connectivity index (χ1v) is 6.94. The van der Waals surface area contributed by atoms with E-state index in [1.807, 2.05) is 18.2 Å². The van der Waals surface area contributed by atoms with Crippen LogP contribution in [0.25, 0.3) is 16.9 Å². The molecule has 0 spiro atoms. The van der Waals surface area contributed by atoms with Gasteiger partial charge in [0.2, 0.25) is 5.95 Å². The number of hydrogen-bond donors (Lipinski definition) is 2. The molecule has 0 radical (unpaired) electrons. The van der Waals surface area contributed by atoms with Gasteiger partial charge in [-0.25, -0.2) is 9.97 Å². The summed E-state index contributed by atoms with van der Waals surface area (Å²) in [5, 5.41) is 13.4. The minimum Gasteiger partial charge on any atom is -0.392 e. The maximum absolute atomic E-state index is 9.31. The van der Waals surface area contributed by atoms with Crippen LogP contribution in [-0.2, 0) is 11.3 Å². The first kappa shape index (κ1) is 14.4. The number of imidazole rings is 1. The fourth-order valence-electron chi connectivity index (χ4n) is 2.16. The van der Waals surface area contributed by atoms with Gasteiger partial charge in [0, 0.05) is 31.4 Å². The summed E-state index contributed by atoms with van der Waals surface area (Å²) in [6.07, 6.45) is 5.13. The monoisotopic (exact) mass is 299 g/mol. The van der Waals surface area contributed by atoms with Gasteiger partial charge in [-0.3, -0.25) is 4.57 Å². The molecule has 2 aromatic heterocycles. The molecule has 22 heavy (non-hydrogen) atoms. The Bertz CT molecular complexity index is 758. The number of aromatic nitrogens is 4. The van der Waals surface area contributed by atoms with Gasteiger partial charge in [-0.2, -0.15) is 4.98 Å². The van der Waals surface area contributed by atoms with Gasteiger partial charge < -0.3 is 15.2 Å². The van der Waals surface area contributed by atoms with Crippen LogP contribution in [0.1, 0.15) is 5.56 Å². The lowest BCUT2D eigenvalue weighted by Gasteiger charge is -2.11. The highest BCUT2D eigenvalue weighted by molar-refractivity contribution is 5.90. The number of fused-ring (bicyclic) bond motifs is 1. The van der Waals surface area contributed by atoms with Crippen LogP contribution in [0.4, 0.5) is 5.82 Å². The van der Waals surface area contributed by atoms with E-state index < -0.39 is 0 Å². The maximum Gasteiger partial charge on any atom is 0.237 e. The van der Waals surface area contributed by atoms with Crippen LogP contribution in [0.2, 0.25) is 0 Å². The second-order valence-electron chi connectivity index (χ2n) is 4.77. The molecule has 0 amide bonds. The molecule has 0 aliphatic carbocycles. The zero-order chi connectivity index (χ0) is 15.4. The molecule has 0 atom stereocenters. The molecule has 0 fully saturated rings. The number of nitrogens with zero attached hydrogens (tertiary/aromatic N) is 4. The van der Waals surface area contributed by atoms with Gasteiger partial charge >= 0.3 is 0 Å². The summed E-state index contributed by atoms with van der Waals surface area (Å²) in [7, 11) is 1.65. The van der Waals surface area contributed by atoms with Crippen LogP contribution in [0.5, 0.6) is 0 Å². The van der Waals surface area contributed by atoms with Crippen LogP contribution >= 0.6 is 0 Å². The summed E-state index contributed by atoms with van der Waals surface area (Å²) in [4.78, 5) is 13.1. The fourth-order valence-corrected chi connectivity index (χ4v) is 2.16. The standard InChI is InChI=1S/C15H17N5O2/c1-22-7-5-17-14-12-8-11(9-21)2-3-13(12)18-15(19-14)20-6-4-16-10-20/h2-4,6,8,10,21H,5,7,9H2,1H3,(H,17,18,19). The Morgan fingerprint density at radius 2 is 2.23 bits per heavy atom. The highest BCUT2D eigenvalue weighted by Crippen LogP contribution is 2.23. The van der Waals surface area contributed by atoms with Gasteiger partial charge in [0.15, 0.2) is 0 Å². The number of aliphatic hydroxyl groups is 1. The van der Waals surface area contributed by atoms with Gasteiger partial charge in [-0.1, -0.05) is 6.07 Å². The molecule has 1 aromatic carbocycles. The normalized spacial score (nSPS) is 11.0. The van der Waals surface area contributed by atoms with Crippen molar-refractivity contribution in [3.63, 3.8) is 0 Å². The van der Waals surface area contributed by atoms with Crippen molar-refractivity contribution >= 4 is 16.7 Å². The van der Waals surface area contributed by atoms with Crippen molar-refractivity contribution in [1.29, 1.82) is 0 Å². The number of ether oxygens (including phenoxy) is 1. The van der Waals surface area contributed by atoms with Crippen molar-refractivity contribution in [3.8, 4) is 5.95 Å². The number of anilines is 1. The van der Waals surface area contributed by atoms with Gasteiger partial charge in [0.1, 0.15) is 12.1 Å². The lowest BCUT2D eigenvalue weighted by molar-refractivity contribution is 0.210. The van der Waals surface area contributed by atoms with Gasteiger partial charge in [-0.05, 0) is 17.7 Å². The topological polar surface area (TPSA) is 85.1 Å². The zero-order valence-electron chi connectivity index (χ0n) is 12.2. The first-order chi connectivity index (χ1) is 10.8. The van der Waals surface area contributed by atoms with E-state index in [4.69, 9.17) is 4.74 Å². The lowest BCUT2D eigenvalue weighted by atomic mass is 10.1. The largest absolute Gasteiger partial charge is 0.392 e. The Kier molecular flexibility index (Phi) is 4.27. The number of methoxy groups -OCH3 is 1. The summed E-state index contributed by atoms with van der Waals surface area (Å²) in [6, 6.07) is 5.62. The minimum absolute atomic E-state index is 0.0171. The second kappa shape index (κ2) is 6.50. The van der Waals surface area contributed by atoms with Crippen molar-refractivity contribution in [2.24, 2.45) is 0 Å². The molecule has 0 saturated carbocycles. The number of rotatable bonds is 6. The molecule has 114 valence electrons. The van der Waals surface area contributed by atoms with Crippen LogP contribution in [0, 0.1) is 0 Å². The quantitative estimate of drug-likeness (QED) is 0.669. The third-order valence-electron chi connectivity index (χ3n) is 3.26. The smallest absolute Gasteiger partial charge is 0.237 e. The molecule has 7 heteroatoms. The summed E-state index contributed by atoms with van der Waals surface area (Å²) in [6.45, 7) is 1.19. The molecule has 7 nitrogen and oxygen atoms in total. The van der Waals surface area contributed by atoms with E-state index in [1.54, 1.807) is 30.4 Å². The Morgan fingerprint density at radius 3 is 2.95 bits per heavy atom. The van der Waals surface area contributed by atoms with E-state index >= 15 is 0 Å². The maximum atomic E-state index is 9.31. The van der Waals surface area contributed by atoms with Gasteiger partial charge in [0.25, 0.3) is 0 Å². The van der Waals surface area contributed by atoms with Crippen LogP contribution in [-0.4, -0.2) is 44.9 Å². The van der Waals surface area contributed by atoms with Gasteiger partial charge in [-0.15, -0.1) is 0 Å². The summed E-state index contributed by atoms with van der Waals surface area (Å²) < 4.78 is 6.81. The lowest BCUT2D eigenvalue weighted by Crippen LogP contribution is -2.11. The van der Waals surface area contributed by atoms with Crippen molar-refractivity contribution in [1.82, 2.24) is 19.5 Å². The number of hydrogen-bond acceptors (Lipinski definition) is 6. The molecule has 0 saturated heterocycles. The Hall–Kier alpha value is -2.51. The number of benzene rings is 1. The van der Waals surface area contributed by atoms with Crippen molar-refractivity contribution in [3.05, 3.63) is 42.5 Å². The summed E-state index contributed by atoms with van der Waals surface area (Å²) in [5.41, 5.74) is 1.62. The van der Waals surface area contributed by atoms with Crippen molar-refractivity contribution in [2.75, 3.05) is 25.6 Å². The van der Waals surface area contributed by atoms with E-state index in [0.29, 0.717) is 24.9 Å². The zero-order valence-corrected chi connectivity index (χ0v) is 12.2. The molecule has 0 bridgehead atoms. The van der Waals surface area contributed by atoms with Gasteiger partial charge in [0.05, 0.1) is 18.7 Å². The Balaban J connectivity index is 2.08. The molecular weight excluding hydrogens is 282 g/mol. The predicted octanol–water partition coefficient (Wildman–Crippen LogP) is 1.37. The summed E-state index contributed by atoms with van der Waals surface area (Å²) >= 11 is 0. The number of aliphatic hydroxyl groups excluding tert-OH is 1. The van der Waals surface area contributed by atoms with Crippen molar-refractivity contribution in [2.45, 2.75) is 6.61 Å². The van der Waals surface area contributed by atoms with E-state index in [1.165, 1.54) is 0 Å². The highest BCUT2D eigenvalue weighted by atomic mass is 16.5. The third kappa shape index (κ3) is 2.90. The molecule has 3 rings (SSSR count). The van der Waals surface area contributed by atoms with E-state index in [2.05, 4.69) is 20.3 Å². The van der Waals surface area contributed by atoms with E-state index in [-0.39, 0.29) is 6.61 Å². The molecule has 0 aliphatic heterocycles. The third-order valence-corrected chi connectivity index (χ3v) is 3.26. The Labute approximate surface area is 127 Å². The predicted molar refractivity (Wildman–Crippen MR) is 82.9 cm³/mol. The molecule has 2 heterocycles. The SMILES string of the molecule is COCCNc1nc(-n2ccnc2)nc2ccc(CO)cc12. The van der Waals surface area contributed by atoms with Crippen molar-refractivity contribution < 1.29 is 9.84 Å². The average Bonchev–Trinajstić information content (AvgIpc) is 3.09. The van der Waals surface area contributed by atoms with E-state index in [0.717, 1.165) is 16.5 Å².